The second-order valence-electron chi connectivity index (χ2n) is 6.75. The summed E-state index contributed by atoms with van der Waals surface area (Å²) in [7, 11) is 4.54. The Bertz CT molecular complexity index is 1190. The molecule has 176 valence electrons. The minimum atomic E-state index is -1.18. The molecule has 0 atom stereocenters. The highest BCUT2D eigenvalue weighted by molar-refractivity contribution is 7.99. The predicted octanol–water partition coefficient (Wildman–Crippen LogP) is 2.77. The van der Waals surface area contributed by atoms with Gasteiger partial charge in [0.15, 0.2) is 11.5 Å². The van der Waals surface area contributed by atoms with E-state index in [0.717, 1.165) is 16.3 Å². The van der Waals surface area contributed by atoms with Crippen molar-refractivity contribution in [3.63, 3.8) is 0 Å². The van der Waals surface area contributed by atoms with E-state index in [0.29, 0.717) is 47.2 Å². The number of ether oxygens (including phenoxy) is 4. The summed E-state index contributed by atoms with van der Waals surface area (Å²) < 4.78 is 22.7. The van der Waals surface area contributed by atoms with Crippen molar-refractivity contribution in [2.45, 2.75) is 17.9 Å². The molecule has 0 aliphatic heterocycles. The number of methoxy groups -OCH3 is 3. The number of aliphatic carboxylic acids is 1. The highest BCUT2D eigenvalue weighted by Gasteiger charge is 2.19. The van der Waals surface area contributed by atoms with Gasteiger partial charge in [0.25, 0.3) is 5.56 Å². The van der Waals surface area contributed by atoms with E-state index in [-0.39, 0.29) is 16.3 Å². The van der Waals surface area contributed by atoms with Crippen molar-refractivity contribution in [3.8, 4) is 28.7 Å². The zero-order valence-corrected chi connectivity index (χ0v) is 19.2. The van der Waals surface area contributed by atoms with Gasteiger partial charge in [-0.1, -0.05) is 0 Å². The molecule has 0 radical (unpaired) electrons. The Kier molecular flexibility index (Phi) is 7.88. The van der Waals surface area contributed by atoms with Gasteiger partial charge in [-0.3, -0.25) is 14.2 Å². The summed E-state index contributed by atoms with van der Waals surface area (Å²) >= 11 is 1.13. The van der Waals surface area contributed by atoms with Gasteiger partial charge in [-0.25, -0.2) is 4.98 Å². The van der Waals surface area contributed by atoms with Crippen molar-refractivity contribution in [2.75, 3.05) is 33.7 Å². The van der Waals surface area contributed by atoms with Crippen molar-refractivity contribution in [1.29, 1.82) is 0 Å². The Labute approximate surface area is 193 Å². The van der Waals surface area contributed by atoms with E-state index in [9.17, 15) is 19.8 Å². The minimum Gasteiger partial charge on any atom is -0.506 e. The number of rotatable bonds is 11. The fourth-order valence-electron chi connectivity index (χ4n) is 3.21. The average Bonchev–Trinajstić information content (AvgIpc) is 2.82. The normalized spacial score (nSPS) is 10.8. The molecule has 1 aromatic carbocycles. The molecule has 3 rings (SSSR count). The number of benzene rings is 1. The van der Waals surface area contributed by atoms with Crippen molar-refractivity contribution < 1.29 is 34.0 Å². The lowest BCUT2D eigenvalue weighted by atomic mass is 10.2. The molecule has 33 heavy (non-hydrogen) atoms. The summed E-state index contributed by atoms with van der Waals surface area (Å²) in [4.78, 5) is 28.2. The third kappa shape index (κ3) is 5.25. The number of pyridine rings is 2. The largest absolute Gasteiger partial charge is 0.506 e. The number of aromatic nitrogens is 2. The first-order valence-electron chi connectivity index (χ1n) is 9.89. The molecular formula is C22H24N2O8S. The van der Waals surface area contributed by atoms with Crippen molar-refractivity contribution >= 4 is 28.8 Å². The van der Waals surface area contributed by atoms with E-state index in [1.165, 1.54) is 27.5 Å². The summed E-state index contributed by atoms with van der Waals surface area (Å²) in [5.41, 5.74) is -0.478. The second-order valence-corrected chi connectivity index (χ2v) is 7.85. The smallest absolute Gasteiger partial charge is 0.323 e. The highest BCUT2D eigenvalue weighted by Crippen LogP contribution is 2.41. The molecular weight excluding hydrogens is 452 g/mol. The molecule has 0 fully saturated rings. The number of thioether (sulfide) groups is 1. The first-order chi connectivity index (χ1) is 15.9. The first-order valence-corrected chi connectivity index (χ1v) is 10.9. The summed E-state index contributed by atoms with van der Waals surface area (Å²) in [6, 6.07) is 6.56. The van der Waals surface area contributed by atoms with Crippen molar-refractivity contribution in [3.05, 3.63) is 40.8 Å². The standard InChI is InChI=1S/C22H24N2O8S/c1-29-15-10-13(11-16(30-2)19(15)31-3)32-8-5-9-33-20-18(27)14-6-4-7-23-21(14)24(22(20)28)12-17(25)26/h4,6-7,10-11,27H,5,8-9,12H2,1-3H3,(H,25,26). The van der Waals surface area contributed by atoms with Crippen LogP contribution in [0.5, 0.6) is 28.7 Å². The summed E-state index contributed by atoms with van der Waals surface area (Å²) in [5, 5.41) is 20.1. The van der Waals surface area contributed by atoms with Gasteiger partial charge in [-0.15, -0.1) is 11.8 Å². The maximum absolute atomic E-state index is 12.8. The number of nitrogens with zero attached hydrogens (tertiary/aromatic N) is 2. The molecule has 2 aromatic heterocycles. The Hall–Kier alpha value is -3.60. The molecule has 0 aliphatic carbocycles. The SMILES string of the molecule is COc1cc(OCCCSc2c(O)c3cccnc3n(CC(=O)O)c2=O)cc(OC)c1OC. The van der Waals surface area contributed by atoms with Gasteiger partial charge in [0.05, 0.1) is 33.3 Å². The molecule has 0 bridgehead atoms. The molecule has 11 heteroatoms. The molecule has 0 unspecified atom stereocenters. The monoisotopic (exact) mass is 476 g/mol. The van der Waals surface area contributed by atoms with Crippen LogP contribution in [0.1, 0.15) is 6.42 Å². The Morgan fingerprint density at radius 1 is 1.15 bits per heavy atom. The molecule has 0 amide bonds. The van der Waals surface area contributed by atoms with E-state index in [2.05, 4.69) is 4.98 Å². The number of carboxylic acids is 1. The quantitative estimate of drug-likeness (QED) is 0.315. The lowest BCUT2D eigenvalue weighted by Crippen LogP contribution is -2.26. The number of carbonyl (C=O) groups is 1. The van der Waals surface area contributed by atoms with Crippen LogP contribution in [0.15, 0.2) is 40.2 Å². The van der Waals surface area contributed by atoms with Crippen LogP contribution >= 0.6 is 11.8 Å². The van der Waals surface area contributed by atoms with Crippen LogP contribution in [0.4, 0.5) is 0 Å². The van der Waals surface area contributed by atoms with Gasteiger partial charge < -0.3 is 29.2 Å². The molecule has 2 heterocycles. The van der Waals surface area contributed by atoms with E-state index >= 15 is 0 Å². The van der Waals surface area contributed by atoms with Gasteiger partial charge >= 0.3 is 5.97 Å². The lowest BCUT2D eigenvalue weighted by Gasteiger charge is -2.15. The Balaban J connectivity index is 1.71. The lowest BCUT2D eigenvalue weighted by molar-refractivity contribution is -0.137. The number of carboxylic acid groups (broad SMARTS) is 1. The number of hydrogen-bond donors (Lipinski definition) is 2. The van der Waals surface area contributed by atoms with Crippen LogP contribution in [-0.2, 0) is 11.3 Å². The maximum atomic E-state index is 12.8. The van der Waals surface area contributed by atoms with Crippen LogP contribution in [0, 0.1) is 0 Å². The molecule has 3 aromatic rings. The Morgan fingerprint density at radius 2 is 1.85 bits per heavy atom. The second kappa shape index (κ2) is 10.8. The predicted molar refractivity (Wildman–Crippen MR) is 122 cm³/mol. The molecule has 2 N–H and O–H groups in total. The van der Waals surface area contributed by atoms with Crippen LogP contribution in [-0.4, -0.2) is 59.4 Å². The third-order valence-corrected chi connectivity index (χ3v) is 5.84. The molecule has 0 spiro atoms. The summed E-state index contributed by atoms with van der Waals surface area (Å²) in [6.07, 6.45) is 1.98. The van der Waals surface area contributed by atoms with Gasteiger partial charge in [-0.2, -0.15) is 0 Å². The van der Waals surface area contributed by atoms with Gasteiger partial charge in [0, 0.05) is 24.1 Å². The summed E-state index contributed by atoms with van der Waals surface area (Å²) in [6.45, 7) is -0.227. The number of fused-ring (bicyclic) bond motifs is 1. The minimum absolute atomic E-state index is 0.0736. The molecule has 0 saturated heterocycles. The maximum Gasteiger partial charge on any atom is 0.323 e. The zero-order valence-electron chi connectivity index (χ0n) is 18.4. The zero-order chi connectivity index (χ0) is 24.0. The first kappa shape index (κ1) is 24.1. The van der Waals surface area contributed by atoms with Crippen LogP contribution < -0.4 is 24.5 Å². The molecule has 10 nitrogen and oxygen atoms in total. The van der Waals surface area contributed by atoms with Crippen molar-refractivity contribution in [2.24, 2.45) is 0 Å². The topological polar surface area (TPSA) is 129 Å². The van der Waals surface area contributed by atoms with E-state index in [1.54, 1.807) is 24.3 Å². The van der Waals surface area contributed by atoms with Gasteiger partial charge in [-0.05, 0) is 18.6 Å². The highest BCUT2D eigenvalue weighted by atomic mass is 32.2. The number of aromatic hydroxyl groups is 1. The number of hydrogen-bond acceptors (Lipinski definition) is 9. The average molecular weight is 477 g/mol. The van der Waals surface area contributed by atoms with Crippen LogP contribution in [0.2, 0.25) is 0 Å². The fraction of sp³-hybridized carbons (Fsp3) is 0.318. The fourth-order valence-corrected chi connectivity index (χ4v) is 4.16. The molecule has 0 aliphatic rings. The van der Waals surface area contributed by atoms with Crippen LogP contribution in [0.3, 0.4) is 0 Å². The van der Waals surface area contributed by atoms with Crippen LogP contribution in [0.25, 0.3) is 11.0 Å². The van der Waals surface area contributed by atoms with E-state index in [1.807, 2.05) is 0 Å². The van der Waals surface area contributed by atoms with E-state index in [4.69, 9.17) is 18.9 Å². The Morgan fingerprint density at radius 3 is 2.45 bits per heavy atom. The van der Waals surface area contributed by atoms with Crippen molar-refractivity contribution in [1.82, 2.24) is 9.55 Å². The third-order valence-electron chi connectivity index (χ3n) is 4.69. The molecule has 0 saturated carbocycles. The van der Waals surface area contributed by atoms with Gasteiger partial charge in [0.2, 0.25) is 5.75 Å². The summed E-state index contributed by atoms with van der Waals surface area (Å²) in [5.74, 6) is 0.987. The van der Waals surface area contributed by atoms with E-state index < -0.39 is 18.1 Å². The van der Waals surface area contributed by atoms with Gasteiger partial charge in [0.1, 0.15) is 28.6 Å².